The average molecular weight is 942 g/mol. The fourth-order valence-electron chi connectivity index (χ4n) is 7.34. The first kappa shape index (κ1) is 64.3. The second-order valence-electron chi connectivity index (χ2n) is 18.1. The van der Waals surface area contributed by atoms with Crippen molar-refractivity contribution in [3.8, 4) is 0 Å². The van der Waals surface area contributed by atoms with Crippen LogP contribution in [0.4, 0.5) is 0 Å². The third-order valence-electron chi connectivity index (χ3n) is 11.5. The summed E-state index contributed by atoms with van der Waals surface area (Å²) >= 11 is 0. The topological polar surface area (TPSA) is 61.8 Å². The first-order valence-corrected chi connectivity index (χ1v) is 28.1. The first-order valence-electron chi connectivity index (χ1n) is 28.1. The van der Waals surface area contributed by atoms with Gasteiger partial charge >= 0.3 is 11.9 Å². The highest BCUT2D eigenvalue weighted by Crippen LogP contribution is 2.13. The lowest BCUT2D eigenvalue weighted by Gasteiger charge is -2.18. The highest BCUT2D eigenvalue weighted by molar-refractivity contribution is 5.70. The van der Waals surface area contributed by atoms with Gasteiger partial charge in [0.25, 0.3) is 0 Å². The zero-order valence-corrected chi connectivity index (χ0v) is 44.3. The molecule has 1 atom stereocenters. The number of hydrogen-bond acceptors (Lipinski definition) is 5. The van der Waals surface area contributed by atoms with E-state index in [4.69, 9.17) is 14.2 Å². The van der Waals surface area contributed by atoms with Crippen molar-refractivity contribution in [3.63, 3.8) is 0 Å². The summed E-state index contributed by atoms with van der Waals surface area (Å²) in [5.41, 5.74) is 0. The Balaban J connectivity index is 4.38. The van der Waals surface area contributed by atoms with Crippen LogP contribution in [0.25, 0.3) is 0 Å². The maximum absolute atomic E-state index is 12.8. The van der Waals surface area contributed by atoms with Crippen LogP contribution in [0.2, 0.25) is 0 Å². The van der Waals surface area contributed by atoms with E-state index in [1.165, 1.54) is 83.5 Å². The van der Waals surface area contributed by atoms with Crippen LogP contribution < -0.4 is 0 Å². The number of allylic oxidation sites excluding steroid dienone is 20. The standard InChI is InChI=1S/C63H104O5/c1-4-7-10-13-16-19-22-25-28-30-31-32-34-37-40-43-46-49-52-55-58-66-59-61(68-63(65)57-54-51-48-45-42-39-35-27-24-21-18-15-12-9-6-3)60-67-62(64)56-53-50-47-44-41-38-36-33-29-26-23-20-17-14-11-8-5-2/h8-9,11-12,16-21,25-29,35-36,38,42,45,61H,4-7,10,13-15,22-24,30-34,37,39-41,43-44,46-60H2,1-3H3/b11-8-,12-9-,19-16-,20-17-,21-18-,28-25-,29-26-,35-27-,38-36-,45-42-. The summed E-state index contributed by atoms with van der Waals surface area (Å²) in [5, 5.41) is 0. The number of esters is 2. The van der Waals surface area contributed by atoms with E-state index in [1.54, 1.807) is 0 Å². The van der Waals surface area contributed by atoms with Gasteiger partial charge in [-0.05, 0) is 128 Å². The normalized spacial score (nSPS) is 13.2. The van der Waals surface area contributed by atoms with Crippen LogP contribution >= 0.6 is 0 Å². The number of hydrogen-bond donors (Lipinski definition) is 0. The molecule has 5 heteroatoms. The summed E-state index contributed by atoms with van der Waals surface area (Å²) < 4.78 is 17.4. The molecule has 0 aromatic rings. The van der Waals surface area contributed by atoms with Crippen LogP contribution in [0.3, 0.4) is 0 Å². The number of ether oxygens (including phenoxy) is 3. The molecule has 0 aromatic heterocycles. The Hall–Kier alpha value is -3.70. The molecule has 0 spiro atoms. The minimum absolute atomic E-state index is 0.0475. The van der Waals surface area contributed by atoms with Gasteiger partial charge in [-0.3, -0.25) is 9.59 Å². The van der Waals surface area contributed by atoms with E-state index in [2.05, 4.69) is 142 Å². The maximum Gasteiger partial charge on any atom is 0.306 e. The molecule has 0 aromatic carbocycles. The monoisotopic (exact) mass is 941 g/mol. The molecular weight excluding hydrogens is 837 g/mol. The van der Waals surface area contributed by atoms with Crippen molar-refractivity contribution in [2.24, 2.45) is 0 Å². The molecular formula is C63H104O5. The first-order chi connectivity index (χ1) is 33.6. The van der Waals surface area contributed by atoms with Gasteiger partial charge in [-0.25, -0.2) is 0 Å². The summed E-state index contributed by atoms with van der Waals surface area (Å²) in [6.45, 7) is 7.50. The van der Waals surface area contributed by atoms with E-state index in [-0.39, 0.29) is 25.2 Å². The molecule has 0 aliphatic heterocycles. The summed E-state index contributed by atoms with van der Waals surface area (Å²) in [5.74, 6) is -0.478. The lowest BCUT2D eigenvalue weighted by atomic mass is 10.1. The minimum Gasteiger partial charge on any atom is -0.462 e. The third-order valence-corrected chi connectivity index (χ3v) is 11.5. The van der Waals surface area contributed by atoms with Crippen molar-refractivity contribution >= 4 is 11.9 Å². The highest BCUT2D eigenvalue weighted by atomic mass is 16.6. The molecule has 0 saturated carbocycles. The van der Waals surface area contributed by atoms with Crippen LogP contribution in [-0.4, -0.2) is 37.9 Å². The number of rotatable bonds is 50. The Bertz CT molecular complexity index is 1390. The Kier molecular flexibility index (Phi) is 54.5. The fourth-order valence-corrected chi connectivity index (χ4v) is 7.34. The zero-order chi connectivity index (χ0) is 49.2. The molecule has 0 aliphatic carbocycles. The minimum atomic E-state index is -0.579. The third kappa shape index (κ3) is 54.9. The molecule has 0 saturated heterocycles. The molecule has 0 aliphatic rings. The lowest BCUT2D eigenvalue weighted by Crippen LogP contribution is -2.30. The van der Waals surface area contributed by atoms with Crippen molar-refractivity contribution < 1.29 is 23.8 Å². The van der Waals surface area contributed by atoms with E-state index >= 15 is 0 Å². The van der Waals surface area contributed by atoms with Crippen molar-refractivity contribution in [1.29, 1.82) is 0 Å². The largest absolute Gasteiger partial charge is 0.462 e. The quantitative estimate of drug-likeness (QED) is 0.0345. The van der Waals surface area contributed by atoms with Gasteiger partial charge in [0.15, 0.2) is 6.10 Å². The molecule has 68 heavy (non-hydrogen) atoms. The van der Waals surface area contributed by atoms with Crippen molar-refractivity contribution in [2.75, 3.05) is 19.8 Å². The molecule has 0 radical (unpaired) electrons. The smallest absolute Gasteiger partial charge is 0.306 e. The van der Waals surface area contributed by atoms with Crippen molar-refractivity contribution in [3.05, 3.63) is 122 Å². The molecule has 0 fully saturated rings. The van der Waals surface area contributed by atoms with Gasteiger partial charge < -0.3 is 14.2 Å². The van der Waals surface area contributed by atoms with E-state index in [0.29, 0.717) is 19.4 Å². The van der Waals surface area contributed by atoms with Crippen LogP contribution in [0.1, 0.15) is 239 Å². The van der Waals surface area contributed by atoms with Gasteiger partial charge in [0.05, 0.1) is 6.61 Å². The predicted molar refractivity (Wildman–Crippen MR) is 297 cm³/mol. The molecule has 386 valence electrons. The van der Waals surface area contributed by atoms with Gasteiger partial charge in [0.2, 0.25) is 0 Å². The van der Waals surface area contributed by atoms with Gasteiger partial charge in [-0.1, -0.05) is 219 Å². The lowest BCUT2D eigenvalue weighted by molar-refractivity contribution is -0.163. The predicted octanol–water partition coefficient (Wildman–Crippen LogP) is 19.3. The SMILES string of the molecule is CC/C=C\C/C=C\C/C=C\C/C=C\CCCCCCC(=O)OCC(COCCCCCCCCCCCC/C=C\C/C=C\CCCCC)OC(=O)CCCC/C=C\C/C=C\C/C=C\C/C=C\CC. The number of carbonyl (C=O) groups is 2. The Morgan fingerprint density at radius 1 is 0.338 bits per heavy atom. The van der Waals surface area contributed by atoms with Crippen LogP contribution in [0.5, 0.6) is 0 Å². The zero-order valence-electron chi connectivity index (χ0n) is 44.3. The highest BCUT2D eigenvalue weighted by Gasteiger charge is 2.17. The fraction of sp³-hybridized carbons (Fsp3) is 0.651. The average Bonchev–Trinajstić information content (AvgIpc) is 3.34. The second kappa shape index (κ2) is 57.6. The van der Waals surface area contributed by atoms with E-state index in [1.807, 2.05) is 0 Å². The summed E-state index contributed by atoms with van der Waals surface area (Å²) in [7, 11) is 0. The van der Waals surface area contributed by atoms with Crippen molar-refractivity contribution in [1.82, 2.24) is 0 Å². The van der Waals surface area contributed by atoms with Gasteiger partial charge in [0.1, 0.15) is 6.61 Å². The number of carbonyl (C=O) groups excluding carboxylic acids is 2. The summed E-state index contributed by atoms with van der Waals surface area (Å²) in [6, 6.07) is 0. The van der Waals surface area contributed by atoms with E-state index < -0.39 is 6.10 Å². The van der Waals surface area contributed by atoms with Gasteiger partial charge in [-0.15, -0.1) is 0 Å². The van der Waals surface area contributed by atoms with E-state index in [0.717, 1.165) is 122 Å². The Morgan fingerprint density at radius 3 is 1.09 bits per heavy atom. The molecule has 0 amide bonds. The van der Waals surface area contributed by atoms with Crippen LogP contribution in [0.15, 0.2) is 122 Å². The molecule has 0 bridgehead atoms. The van der Waals surface area contributed by atoms with E-state index in [9.17, 15) is 9.59 Å². The van der Waals surface area contributed by atoms with Gasteiger partial charge in [0, 0.05) is 19.4 Å². The summed E-state index contributed by atoms with van der Waals surface area (Å²) in [4.78, 5) is 25.5. The van der Waals surface area contributed by atoms with Gasteiger partial charge in [-0.2, -0.15) is 0 Å². The molecule has 5 nitrogen and oxygen atoms in total. The van der Waals surface area contributed by atoms with Crippen LogP contribution in [-0.2, 0) is 23.8 Å². The van der Waals surface area contributed by atoms with Crippen molar-refractivity contribution in [2.45, 2.75) is 245 Å². The Labute approximate surface area is 420 Å². The maximum atomic E-state index is 12.8. The Morgan fingerprint density at radius 2 is 0.662 bits per heavy atom. The summed E-state index contributed by atoms with van der Waals surface area (Å²) in [6.07, 6.45) is 80.8. The number of unbranched alkanes of at least 4 members (excludes halogenated alkanes) is 19. The molecule has 1 unspecified atom stereocenters. The molecule has 0 heterocycles. The molecule has 0 N–H and O–H groups in total. The molecule has 0 rings (SSSR count). The van der Waals surface area contributed by atoms with Crippen LogP contribution in [0, 0.1) is 0 Å². The second-order valence-corrected chi connectivity index (χ2v) is 18.1.